The topological polar surface area (TPSA) is 35.5 Å². The molecule has 1 aromatic carbocycles. The van der Waals surface area contributed by atoms with Gasteiger partial charge in [0.2, 0.25) is 0 Å². The number of hydrogen-bond donors (Lipinski definition) is 2. The summed E-state index contributed by atoms with van der Waals surface area (Å²) in [4.78, 5) is 1.60. The summed E-state index contributed by atoms with van der Waals surface area (Å²) in [5, 5.41) is 11.1. The van der Waals surface area contributed by atoms with Crippen molar-refractivity contribution in [2.75, 3.05) is 24.9 Å². The highest BCUT2D eigenvalue weighted by Gasteiger charge is 2.33. The van der Waals surface area contributed by atoms with Crippen molar-refractivity contribution in [1.82, 2.24) is 4.90 Å². The van der Waals surface area contributed by atoms with Gasteiger partial charge in [-0.25, -0.2) is 0 Å². The van der Waals surface area contributed by atoms with E-state index in [1.807, 2.05) is 13.8 Å². The minimum Gasteiger partial charge on any atom is -0.507 e. The Morgan fingerprint density at radius 2 is 1.81 bits per heavy atom. The number of likely N-dealkylation sites (tertiary alicyclic amines) is 1. The van der Waals surface area contributed by atoms with Crippen LogP contribution in [0.1, 0.15) is 39.2 Å². The van der Waals surface area contributed by atoms with E-state index >= 15 is 0 Å². The number of hydrogen-bond acceptors (Lipinski definition) is 5. The van der Waals surface area contributed by atoms with E-state index in [0.717, 1.165) is 28.3 Å². The fourth-order valence-electron chi connectivity index (χ4n) is 2.28. The molecule has 1 unspecified atom stereocenters. The number of allylic oxidation sites excluding steroid dienone is 2. The van der Waals surface area contributed by atoms with Crippen molar-refractivity contribution < 1.29 is 18.3 Å². The van der Waals surface area contributed by atoms with Gasteiger partial charge in [0.1, 0.15) is 5.75 Å². The van der Waals surface area contributed by atoms with Gasteiger partial charge in [-0.1, -0.05) is 38.3 Å². The Labute approximate surface area is 197 Å². The zero-order valence-electron chi connectivity index (χ0n) is 18.4. The number of anilines is 1. The number of halogens is 4. The van der Waals surface area contributed by atoms with E-state index in [-0.39, 0.29) is 0 Å². The lowest BCUT2D eigenvalue weighted by atomic mass is 10.2. The van der Waals surface area contributed by atoms with Gasteiger partial charge in [-0.3, -0.25) is 0 Å². The van der Waals surface area contributed by atoms with Crippen LogP contribution >= 0.6 is 35.3 Å². The number of nitrogens with zero attached hydrogens (tertiary/aromatic N) is 1. The maximum absolute atomic E-state index is 12.6. The number of alkyl halides is 4. The summed E-state index contributed by atoms with van der Waals surface area (Å²) < 4.78 is 41.3. The van der Waals surface area contributed by atoms with Crippen molar-refractivity contribution in [3.8, 4) is 5.75 Å². The minimum absolute atomic E-state index is 0.325. The standard InChI is InChI=1S/C15H15ClF3NOS2.C5H11N.C2H6/c1-4-14(3,16)9-13(22-5-2)23-20-10-6-7-11(12(21)8-10)15(17,18)19;1-6-4-2-3-5-6;1-2/h4-9,20-21H,1-2H2,3H3;2-5H2,1H3;1-2H3/b13-9+;;. The molecule has 31 heavy (non-hydrogen) atoms. The van der Waals surface area contributed by atoms with Crippen LogP contribution < -0.4 is 4.72 Å². The second kappa shape index (κ2) is 14.8. The third kappa shape index (κ3) is 12.4. The molecule has 1 heterocycles. The monoisotopic (exact) mass is 496 g/mol. The average molecular weight is 497 g/mol. The van der Waals surface area contributed by atoms with Crippen LogP contribution in [0.4, 0.5) is 18.9 Å². The first-order valence-electron chi connectivity index (χ1n) is 9.83. The molecule has 1 aliphatic rings. The first kappa shape index (κ1) is 29.8. The Balaban J connectivity index is 0.000000945. The van der Waals surface area contributed by atoms with Crippen molar-refractivity contribution >= 4 is 41.0 Å². The van der Waals surface area contributed by atoms with E-state index in [2.05, 4.69) is 29.8 Å². The highest BCUT2D eigenvalue weighted by atomic mass is 35.5. The average Bonchev–Trinajstić information content (AvgIpc) is 3.18. The summed E-state index contributed by atoms with van der Waals surface area (Å²) in [6.45, 7) is 15.6. The Hall–Kier alpha value is -1.22. The van der Waals surface area contributed by atoms with E-state index in [4.69, 9.17) is 11.6 Å². The van der Waals surface area contributed by atoms with Crippen molar-refractivity contribution in [1.29, 1.82) is 0 Å². The molecular formula is C22H32ClF3N2OS2. The number of phenolic OH excluding ortho intramolecular Hbond substituents is 1. The van der Waals surface area contributed by atoms with Crippen LogP contribution in [0.3, 0.4) is 0 Å². The first-order valence-corrected chi connectivity index (χ1v) is 11.9. The Kier molecular flexibility index (Phi) is 14.2. The predicted molar refractivity (Wildman–Crippen MR) is 133 cm³/mol. The molecule has 2 N–H and O–H groups in total. The molecule has 1 aliphatic heterocycles. The lowest BCUT2D eigenvalue weighted by Gasteiger charge is -2.15. The van der Waals surface area contributed by atoms with Crippen LogP contribution in [-0.4, -0.2) is 35.0 Å². The zero-order chi connectivity index (χ0) is 24.1. The highest BCUT2D eigenvalue weighted by Crippen LogP contribution is 2.39. The van der Waals surface area contributed by atoms with Crippen molar-refractivity contribution in [3.05, 3.63) is 58.7 Å². The molecule has 0 radical (unpaired) electrons. The number of thioether (sulfide) groups is 1. The molecule has 3 nitrogen and oxygen atoms in total. The summed E-state index contributed by atoms with van der Waals surface area (Å²) in [6.07, 6.45) is 1.52. The van der Waals surface area contributed by atoms with Crippen LogP contribution in [0, 0.1) is 0 Å². The van der Waals surface area contributed by atoms with Crippen LogP contribution in [0.15, 0.2) is 53.2 Å². The SMILES string of the molecule is C=CS/C(=C\C(C)(Cl)C=C)SNc1ccc(C(F)(F)F)c(O)c1.CC.CN1CCCC1. The van der Waals surface area contributed by atoms with E-state index < -0.39 is 22.4 Å². The lowest BCUT2D eigenvalue weighted by Crippen LogP contribution is -2.10. The molecule has 0 aromatic heterocycles. The van der Waals surface area contributed by atoms with Gasteiger partial charge in [-0.2, -0.15) is 13.2 Å². The van der Waals surface area contributed by atoms with Gasteiger partial charge < -0.3 is 14.7 Å². The second-order valence-corrected chi connectivity index (χ2v) is 9.48. The van der Waals surface area contributed by atoms with E-state index in [9.17, 15) is 18.3 Å². The summed E-state index contributed by atoms with van der Waals surface area (Å²) in [5.41, 5.74) is -0.754. The molecule has 0 bridgehead atoms. The first-order chi connectivity index (χ1) is 14.5. The van der Waals surface area contributed by atoms with E-state index in [1.54, 1.807) is 24.5 Å². The van der Waals surface area contributed by atoms with Crippen molar-refractivity contribution in [3.63, 3.8) is 0 Å². The maximum Gasteiger partial charge on any atom is 0.419 e. The molecule has 1 aromatic rings. The van der Waals surface area contributed by atoms with E-state index in [1.165, 1.54) is 43.8 Å². The molecule has 1 atom stereocenters. The molecule has 0 saturated carbocycles. The van der Waals surface area contributed by atoms with Crippen LogP contribution in [0.5, 0.6) is 5.75 Å². The minimum atomic E-state index is -4.59. The zero-order valence-corrected chi connectivity index (χ0v) is 20.8. The molecular weight excluding hydrogens is 465 g/mol. The van der Waals surface area contributed by atoms with Gasteiger partial charge in [-0.15, -0.1) is 18.2 Å². The van der Waals surface area contributed by atoms with Gasteiger partial charge in [0.25, 0.3) is 0 Å². The largest absolute Gasteiger partial charge is 0.507 e. The third-order valence-electron chi connectivity index (χ3n) is 3.90. The number of rotatable bonds is 7. The van der Waals surface area contributed by atoms with Gasteiger partial charge in [0, 0.05) is 11.8 Å². The van der Waals surface area contributed by atoms with Gasteiger partial charge >= 0.3 is 6.18 Å². The molecule has 0 spiro atoms. The molecule has 2 rings (SSSR count). The van der Waals surface area contributed by atoms with Crippen molar-refractivity contribution in [2.24, 2.45) is 0 Å². The van der Waals surface area contributed by atoms with Gasteiger partial charge in [0.15, 0.2) is 0 Å². The normalized spacial score (nSPS) is 16.2. The fourth-order valence-corrected chi connectivity index (χ4v) is 4.16. The van der Waals surface area contributed by atoms with Crippen LogP contribution in [0.25, 0.3) is 0 Å². The van der Waals surface area contributed by atoms with E-state index in [0.29, 0.717) is 5.69 Å². The molecule has 176 valence electrons. The summed E-state index contributed by atoms with van der Waals surface area (Å²) in [6, 6.07) is 3.07. The van der Waals surface area contributed by atoms with Gasteiger partial charge in [-0.05, 0) is 75.5 Å². The number of nitrogens with one attached hydrogen (secondary N) is 1. The quantitative estimate of drug-likeness (QED) is 0.226. The summed E-state index contributed by atoms with van der Waals surface area (Å²) in [5.74, 6) is -0.835. The highest BCUT2D eigenvalue weighted by molar-refractivity contribution is 8.24. The fraction of sp³-hybridized carbons (Fsp3) is 0.455. The Morgan fingerprint density at radius 3 is 2.19 bits per heavy atom. The molecule has 0 amide bonds. The molecule has 1 saturated heterocycles. The smallest absolute Gasteiger partial charge is 0.419 e. The van der Waals surface area contributed by atoms with Crippen molar-refractivity contribution in [2.45, 2.75) is 44.7 Å². The molecule has 1 fully saturated rings. The summed E-state index contributed by atoms with van der Waals surface area (Å²) in [7, 11) is 2.17. The number of phenols is 1. The van der Waals surface area contributed by atoms with Gasteiger partial charge in [0.05, 0.1) is 14.7 Å². The van der Waals surface area contributed by atoms with Crippen LogP contribution in [-0.2, 0) is 6.18 Å². The Morgan fingerprint density at radius 1 is 1.23 bits per heavy atom. The number of aromatic hydroxyl groups is 1. The second-order valence-electron chi connectivity index (χ2n) is 6.55. The molecule has 0 aliphatic carbocycles. The number of benzene rings is 1. The Bertz CT molecular complexity index is 719. The van der Waals surface area contributed by atoms with Crippen LogP contribution in [0.2, 0.25) is 0 Å². The third-order valence-corrected chi connectivity index (χ3v) is 5.88. The predicted octanol–water partition coefficient (Wildman–Crippen LogP) is 8.11. The lowest BCUT2D eigenvalue weighted by molar-refractivity contribution is -0.138. The maximum atomic E-state index is 12.6. The molecule has 9 heteroatoms. The summed E-state index contributed by atoms with van der Waals surface area (Å²) >= 11 is 8.62.